The zero-order chi connectivity index (χ0) is 10.4. The van der Waals surface area contributed by atoms with Gasteiger partial charge in [0.1, 0.15) is 0 Å². The lowest BCUT2D eigenvalue weighted by atomic mass is 9.75. The van der Waals surface area contributed by atoms with Crippen LogP contribution in [0.5, 0.6) is 0 Å². The minimum atomic E-state index is 0.137. The predicted molar refractivity (Wildman–Crippen MR) is 60.9 cm³/mol. The third-order valence-electron chi connectivity index (χ3n) is 3.60. The van der Waals surface area contributed by atoms with E-state index in [-0.39, 0.29) is 5.54 Å². The highest BCUT2D eigenvalue weighted by Crippen LogP contribution is 2.32. The van der Waals surface area contributed by atoms with E-state index in [1.807, 2.05) is 0 Å². The lowest BCUT2D eigenvalue weighted by molar-refractivity contribution is 0.197. The second-order valence-electron chi connectivity index (χ2n) is 4.39. The van der Waals surface area contributed by atoms with Crippen molar-refractivity contribution in [2.45, 2.75) is 44.6 Å². The normalized spacial score (nSPS) is 32.5. The van der Waals surface area contributed by atoms with E-state index in [0.29, 0.717) is 13.1 Å². The van der Waals surface area contributed by atoms with Crippen molar-refractivity contribution in [3.8, 4) is 12.3 Å². The lowest BCUT2D eigenvalue weighted by Crippen LogP contribution is -2.53. The fourth-order valence-corrected chi connectivity index (χ4v) is 2.33. The molecule has 2 heteroatoms. The molecule has 0 atom stereocenters. The van der Waals surface area contributed by atoms with E-state index in [1.165, 1.54) is 32.1 Å². The first-order chi connectivity index (χ1) is 6.76. The highest BCUT2D eigenvalue weighted by atomic mass is 15.0. The predicted octanol–water partition coefficient (Wildman–Crippen LogP) is 1.51. The summed E-state index contributed by atoms with van der Waals surface area (Å²) in [6, 6.07) is 0. The Bertz CT molecular complexity index is 197. The molecule has 0 aliphatic heterocycles. The number of nitrogens with two attached hydrogens (primary N) is 1. The quantitative estimate of drug-likeness (QED) is 0.666. The standard InChI is InChI=1S/C12H22N2/c1-3-9-14-12(10-13)7-5-11(4-2)6-8-12/h1,11,14H,4-10,13H2,2H3. The smallest absolute Gasteiger partial charge is 0.0578 e. The highest BCUT2D eigenvalue weighted by Gasteiger charge is 2.32. The molecule has 0 aromatic heterocycles. The molecule has 0 unspecified atom stereocenters. The molecule has 2 nitrogen and oxygen atoms in total. The van der Waals surface area contributed by atoms with Gasteiger partial charge in [-0.1, -0.05) is 19.3 Å². The van der Waals surface area contributed by atoms with Gasteiger partial charge in [-0.15, -0.1) is 6.42 Å². The molecular weight excluding hydrogens is 172 g/mol. The number of rotatable bonds is 4. The van der Waals surface area contributed by atoms with E-state index in [9.17, 15) is 0 Å². The summed E-state index contributed by atoms with van der Waals surface area (Å²) in [5.74, 6) is 3.54. The van der Waals surface area contributed by atoms with Crippen LogP contribution in [-0.2, 0) is 0 Å². The first-order valence-electron chi connectivity index (χ1n) is 5.65. The van der Waals surface area contributed by atoms with Crippen LogP contribution in [0.25, 0.3) is 0 Å². The zero-order valence-electron chi connectivity index (χ0n) is 9.18. The number of terminal acetylenes is 1. The maximum atomic E-state index is 5.83. The summed E-state index contributed by atoms with van der Waals surface area (Å²) < 4.78 is 0. The van der Waals surface area contributed by atoms with Gasteiger partial charge in [-0.05, 0) is 31.6 Å². The third-order valence-corrected chi connectivity index (χ3v) is 3.60. The van der Waals surface area contributed by atoms with Gasteiger partial charge in [0.15, 0.2) is 0 Å². The molecular formula is C12H22N2. The Morgan fingerprint density at radius 3 is 2.57 bits per heavy atom. The van der Waals surface area contributed by atoms with Crippen molar-refractivity contribution in [1.82, 2.24) is 5.32 Å². The van der Waals surface area contributed by atoms with Crippen LogP contribution in [0.15, 0.2) is 0 Å². The Balaban J connectivity index is 2.44. The van der Waals surface area contributed by atoms with E-state index in [0.717, 1.165) is 5.92 Å². The van der Waals surface area contributed by atoms with Crippen LogP contribution in [0, 0.1) is 18.3 Å². The van der Waals surface area contributed by atoms with Crippen LogP contribution in [-0.4, -0.2) is 18.6 Å². The molecule has 0 amide bonds. The molecule has 0 radical (unpaired) electrons. The van der Waals surface area contributed by atoms with Crippen LogP contribution in [0.4, 0.5) is 0 Å². The topological polar surface area (TPSA) is 38.0 Å². The molecule has 80 valence electrons. The molecule has 0 spiro atoms. The second kappa shape index (κ2) is 5.38. The Morgan fingerprint density at radius 1 is 1.50 bits per heavy atom. The molecule has 0 bridgehead atoms. The van der Waals surface area contributed by atoms with Gasteiger partial charge in [0.25, 0.3) is 0 Å². The summed E-state index contributed by atoms with van der Waals surface area (Å²) in [6.45, 7) is 3.63. The van der Waals surface area contributed by atoms with Crippen LogP contribution >= 0.6 is 0 Å². The Morgan fingerprint density at radius 2 is 2.14 bits per heavy atom. The minimum Gasteiger partial charge on any atom is -0.329 e. The Labute approximate surface area is 87.6 Å². The second-order valence-corrected chi connectivity index (χ2v) is 4.39. The first kappa shape index (κ1) is 11.6. The largest absolute Gasteiger partial charge is 0.329 e. The molecule has 0 heterocycles. The van der Waals surface area contributed by atoms with Crippen molar-refractivity contribution in [3.05, 3.63) is 0 Å². The molecule has 0 aromatic carbocycles. The maximum Gasteiger partial charge on any atom is 0.0578 e. The van der Waals surface area contributed by atoms with Gasteiger partial charge in [0.05, 0.1) is 6.54 Å². The van der Waals surface area contributed by atoms with Crippen LogP contribution in [0.1, 0.15) is 39.0 Å². The van der Waals surface area contributed by atoms with Gasteiger partial charge >= 0.3 is 0 Å². The molecule has 1 aliphatic carbocycles. The summed E-state index contributed by atoms with van der Waals surface area (Å²) >= 11 is 0. The summed E-state index contributed by atoms with van der Waals surface area (Å²) in [5.41, 5.74) is 5.97. The number of hydrogen-bond acceptors (Lipinski definition) is 2. The van der Waals surface area contributed by atoms with Gasteiger partial charge in [-0.3, -0.25) is 5.32 Å². The number of nitrogens with one attached hydrogen (secondary N) is 1. The molecule has 1 saturated carbocycles. The van der Waals surface area contributed by atoms with Crippen molar-refractivity contribution >= 4 is 0 Å². The molecule has 1 fully saturated rings. The van der Waals surface area contributed by atoms with Gasteiger partial charge in [0.2, 0.25) is 0 Å². The highest BCUT2D eigenvalue weighted by molar-refractivity contribution is 4.98. The van der Waals surface area contributed by atoms with Gasteiger partial charge in [-0.2, -0.15) is 0 Å². The monoisotopic (exact) mass is 194 g/mol. The van der Waals surface area contributed by atoms with Crippen molar-refractivity contribution in [2.24, 2.45) is 11.7 Å². The average Bonchev–Trinajstić information content (AvgIpc) is 2.27. The molecule has 1 rings (SSSR count). The van der Waals surface area contributed by atoms with Crippen LogP contribution in [0.2, 0.25) is 0 Å². The van der Waals surface area contributed by atoms with Crippen molar-refractivity contribution in [3.63, 3.8) is 0 Å². The molecule has 3 N–H and O–H groups in total. The summed E-state index contributed by atoms with van der Waals surface area (Å²) in [4.78, 5) is 0. The maximum absolute atomic E-state index is 5.83. The fourth-order valence-electron chi connectivity index (χ4n) is 2.33. The zero-order valence-corrected chi connectivity index (χ0v) is 9.18. The first-order valence-corrected chi connectivity index (χ1v) is 5.65. The molecule has 14 heavy (non-hydrogen) atoms. The minimum absolute atomic E-state index is 0.137. The van der Waals surface area contributed by atoms with Crippen molar-refractivity contribution in [2.75, 3.05) is 13.1 Å². The SMILES string of the molecule is C#CCNC1(CN)CCC(CC)CC1. The van der Waals surface area contributed by atoms with Gasteiger partial charge in [-0.25, -0.2) is 0 Å². The summed E-state index contributed by atoms with van der Waals surface area (Å²) in [7, 11) is 0. The molecule has 0 aromatic rings. The van der Waals surface area contributed by atoms with Gasteiger partial charge < -0.3 is 5.73 Å². The Hall–Kier alpha value is -0.520. The van der Waals surface area contributed by atoms with E-state index < -0.39 is 0 Å². The third kappa shape index (κ3) is 2.73. The summed E-state index contributed by atoms with van der Waals surface area (Å²) in [6.07, 6.45) is 11.5. The van der Waals surface area contributed by atoms with E-state index >= 15 is 0 Å². The van der Waals surface area contributed by atoms with Crippen LogP contribution in [0.3, 0.4) is 0 Å². The van der Waals surface area contributed by atoms with Crippen molar-refractivity contribution < 1.29 is 0 Å². The lowest BCUT2D eigenvalue weighted by Gasteiger charge is -2.39. The average molecular weight is 194 g/mol. The summed E-state index contributed by atoms with van der Waals surface area (Å²) in [5, 5.41) is 3.42. The Kier molecular flexibility index (Phi) is 4.44. The van der Waals surface area contributed by atoms with Gasteiger partial charge in [0, 0.05) is 12.1 Å². The number of hydrogen-bond donors (Lipinski definition) is 2. The fraction of sp³-hybridized carbons (Fsp3) is 0.833. The van der Waals surface area contributed by atoms with E-state index in [2.05, 4.69) is 18.2 Å². The van der Waals surface area contributed by atoms with Crippen molar-refractivity contribution in [1.29, 1.82) is 0 Å². The molecule has 0 saturated heterocycles. The van der Waals surface area contributed by atoms with E-state index in [1.54, 1.807) is 0 Å². The van der Waals surface area contributed by atoms with E-state index in [4.69, 9.17) is 12.2 Å². The van der Waals surface area contributed by atoms with Crippen LogP contribution < -0.4 is 11.1 Å². The molecule has 1 aliphatic rings.